The maximum absolute atomic E-state index is 6.33. The van der Waals surface area contributed by atoms with Crippen LogP contribution in [0.3, 0.4) is 0 Å². The van der Waals surface area contributed by atoms with Gasteiger partial charge in [0.15, 0.2) is 0 Å². The van der Waals surface area contributed by atoms with E-state index in [2.05, 4.69) is 13.8 Å². The number of hydrogen-bond acceptors (Lipinski definition) is 2. The Morgan fingerprint density at radius 3 is 1.56 bits per heavy atom. The number of nitrogens with two attached hydrogens (primary N) is 1. The van der Waals surface area contributed by atoms with E-state index >= 15 is 0 Å². The highest BCUT2D eigenvalue weighted by atomic mass is 16.5. The molecule has 0 heterocycles. The maximum atomic E-state index is 6.33. The minimum atomic E-state index is 0.269. The Bertz CT molecular complexity index is 276. The molecule has 0 aromatic carbocycles. The third kappa shape index (κ3) is 10.6. The second kappa shape index (κ2) is 15.0. The Labute approximate surface area is 158 Å². The van der Waals surface area contributed by atoms with Gasteiger partial charge in [0.2, 0.25) is 0 Å². The van der Waals surface area contributed by atoms with Crippen molar-refractivity contribution in [3.05, 3.63) is 0 Å². The summed E-state index contributed by atoms with van der Waals surface area (Å²) in [4.78, 5) is 0. The van der Waals surface area contributed by atoms with Crippen LogP contribution in [0.5, 0.6) is 0 Å². The van der Waals surface area contributed by atoms with E-state index in [4.69, 9.17) is 10.5 Å². The molecule has 0 aliphatic heterocycles. The Kier molecular flexibility index (Phi) is 13.8. The van der Waals surface area contributed by atoms with Gasteiger partial charge in [-0.25, -0.2) is 0 Å². The molecule has 0 aromatic heterocycles. The van der Waals surface area contributed by atoms with Crippen LogP contribution < -0.4 is 5.73 Å². The molecule has 0 spiro atoms. The molecule has 0 bridgehead atoms. The molecular formula is C23H47NO. The lowest BCUT2D eigenvalue weighted by molar-refractivity contribution is -0.0209. The smallest absolute Gasteiger partial charge is 0.0697 e. The molecule has 2 heteroatoms. The molecule has 0 amide bonds. The number of ether oxygens (including phenoxy) is 1. The minimum absolute atomic E-state index is 0.269. The summed E-state index contributed by atoms with van der Waals surface area (Å²) in [7, 11) is 0. The summed E-state index contributed by atoms with van der Waals surface area (Å²) < 4.78 is 6.33. The summed E-state index contributed by atoms with van der Waals surface area (Å²) in [5.74, 6) is 0. The molecule has 1 aliphatic rings. The topological polar surface area (TPSA) is 35.2 Å². The van der Waals surface area contributed by atoms with Crippen molar-refractivity contribution in [2.24, 2.45) is 11.1 Å². The first-order valence-corrected chi connectivity index (χ1v) is 11.6. The first-order valence-electron chi connectivity index (χ1n) is 11.6. The van der Waals surface area contributed by atoms with Crippen molar-refractivity contribution in [2.75, 3.05) is 13.2 Å². The van der Waals surface area contributed by atoms with Crippen molar-refractivity contribution in [3.8, 4) is 0 Å². The highest BCUT2D eigenvalue weighted by molar-refractivity contribution is 4.79. The molecule has 1 atom stereocenters. The molecular weight excluding hydrogens is 306 g/mol. The average molecular weight is 354 g/mol. The van der Waals surface area contributed by atoms with E-state index in [-0.39, 0.29) is 6.10 Å². The van der Waals surface area contributed by atoms with E-state index < -0.39 is 0 Å². The fourth-order valence-electron chi connectivity index (χ4n) is 4.38. The first-order chi connectivity index (χ1) is 12.3. The van der Waals surface area contributed by atoms with E-state index in [9.17, 15) is 0 Å². The van der Waals surface area contributed by atoms with Crippen LogP contribution in [0.1, 0.15) is 123 Å². The van der Waals surface area contributed by atoms with Gasteiger partial charge in [-0.2, -0.15) is 0 Å². The molecule has 1 fully saturated rings. The van der Waals surface area contributed by atoms with Crippen LogP contribution >= 0.6 is 0 Å². The van der Waals surface area contributed by atoms with Crippen LogP contribution in [0.15, 0.2) is 0 Å². The van der Waals surface area contributed by atoms with Gasteiger partial charge >= 0.3 is 0 Å². The highest BCUT2D eigenvalue weighted by Gasteiger charge is 2.28. The van der Waals surface area contributed by atoms with Gasteiger partial charge in [-0.05, 0) is 31.1 Å². The van der Waals surface area contributed by atoms with Gasteiger partial charge in [0.05, 0.1) is 12.7 Å². The number of rotatable bonds is 7. The second-order valence-electron chi connectivity index (χ2n) is 8.55. The Morgan fingerprint density at radius 2 is 1.20 bits per heavy atom. The summed E-state index contributed by atoms with van der Waals surface area (Å²) in [6, 6.07) is 0. The second-order valence-corrected chi connectivity index (χ2v) is 8.55. The quantitative estimate of drug-likeness (QED) is 0.534. The lowest BCUT2D eigenvalue weighted by Gasteiger charge is -2.34. The van der Waals surface area contributed by atoms with Gasteiger partial charge < -0.3 is 10.5 Å². The predicted molar refractivity (Wildman–Crippen MR) is 111 cm³/mol. The molecule has 2 nitrogen and oxygen atoms in total. The molecule has 25 heavy (non-hydrogen) atoms. The third-order valence-corrected chi connectivity index (χ3v) is 6.41. The van der Waals surface area contributed by atoms with Crippen LogP contribution in [0.2, 0.25) is 0 Å². The molecule has 1 rings (SSSR count). The number of hydrogen-bond donors (Lipinski definition) is 1. The summed E-state index contributed by atoms with van der Waals surface area (Å²) in [6.07, 6.45) is 23.7. The molecule has 0 saturated heterocycles. The Hall–Kier alpha value is -0.0800. The maximum Gasteiger partial charge on any atom is 0.0697 e. The molecule has 1 saturated carbocycles. The fraction of sp³-hybridized carbons (Fsp3) is 1.00. The van der Waals surface area contributed by atoms with Gasteiger partial charge in [0.25, 0.3) is 0 Å². The zero-order valence-corrected chi connectivity index (χ0v) is 17.5. The predicted octanol–water partition coefficient (Wildman–Crippen LogP) is 7.00. The summed E-state index contributed by atoms with van der Waals surface area (Å²) in [5.41, 5.74) is 6.32. The zero-order chi connectivity index (χ0) is 18.2. The molecule has 0 aromatic rings. The van der Waals surface area contributed by atoms with Crippen molar-refractivity contribution in [2.45, 2.75) is 129 Å². The Morgan fingerprint density at radius 1 is 0.760 bits per heavy atom. The largest absolute Gasteiger partial charge is 0.376 e. The van der Waals surface area contributed by atoms with Crippen molar-refractivity contribution in [1.82, 2.24) is 0 Å². The van der Waals surface area contributed by atoms with Gasteiger partial charge in [-0.1, -0.05) is 97.3 Å². The summed E-state index contributed by atoms with van der Waals surface area (Å²) in [6.45, 7) is 6.22. The van der Waals surface area contributed by atoms with Crippen LogP contribution in [-0.2, 0) is 4.74 Å². The monoisotopic (exact) mass is 353 g/mol. The van der Waals surface area contributed by atoms with Gasteiger partial charge in [-0.3, -0.25) is 0 Å². The van der Waals surface area contributed by atoms with E-state index in [0.29, 0.717) is 12.0 Å². The highest BCUT2D eigenvalue weighted by Crippen LogP contribution is 2.36. The van der Waals surface area contributed by atoms with E-state index in [1.54, 1.807) is 0 Å². The summed E-state index contributed by atoms with van der Waals surface area (Å²) >= 11 is 0. The van der Waals surface area contributed by atoms with Crippen molar-refractivity contribution in [1.29, 1.82) is 0 Å². The van der Waals surface area contributed by atoms with Crippen LogP contribution in [0, 0.1) is 5.41 Å². The van der Waals surface area contributed by atoms with Gasteiger partial charge in [0.1, 0.15) is 0 Å². The Balaban J connectivity index is 2.55. The van der Waals surface area contributed by atoms with Crippen molar-refractivity contribution in [3.63, 3.8) is 0 Å². The van der Waals surface area contributed by atoms with Crippen molar-refractivity contribution < 1.29 is 4.74 Å². The SMILES string of the molecule is CCCC(CN)OCC1(CC)CCCCCCCCCCCCCC1. The molecule has 1 aliphatic carbocycles. The summed E-state index contributed by atoms with van der Waals surface area (Å²) in [5, 5.41) is 0. The van der Waals surface area contributed by atoms with E-state index in [1.807, 2.05) is 0 Å². The van der Waals surface area contributed by atoms with Gasteiger partial charge in [0, 0.05) is 6.54 Å². The van der Waals surface area contributed by atoms with Crippen molar-refractivity contribution >= 4 is 0 Å². The van der Waals surface area contributed by atoms with E-state index in [1.165, 1.54) is 103 Å². The van der Waals surface area contributed by atoms with Gasteiger partial charge in [-0.15, -0.1) is 0 Å². The fourth-order valence-corrected chi connectivity index (χ4v) is 4.38. The van der Waals surface area contributed by atoms with Crippen LogP contribution in [0.25, 0.3) is 0 Å². The zero-order valence-electron chi connectivity index (χ0n) is 17.5. The van der Waals surface area contributed by atoms with Crippen LogP contribution in [-0.4, -0.2) is 19.3 Å². The molecule has 2 N–H and O–H groups in total. The minimum Gasteiger partial charge on any atom is -0.376 e. The van der Waals surface area contributed by atoms with Crippen LogP contribution in [0.4, 0.5) is 0 Å². The standard InChI is InChI=1S/C23H47NO/c1-3-17-22(20-24)25-21-23(4-2)18-15-13-11-9-7-5-6-8-10-12-14-16-19-23/h22H,3-21,24H2,1-2H3. The molecule has 1 unspecified atom stereocenters. The molecule has 150 valence electrons. The average Bonchev–Trinajstić information content (AvgIpc) is 2.64. The lowest BCUT2D eigenvalue weighted by atomic mass is 9.76. The first kappa shape index (κ1) is 23.0. The normalized spacial score (nSPS) is 22.7. The third-order valence-electron chi connectivity index (χ3n) is 6.41. The van der Waals surface area contributed by atoms with E-state index in [0.717, 1.165) is 13.0 Å². The lowest BCUT2D eigenvalue weighted by Crippen LogP contribution is -2.32. The molecule has 0 radical (unpaired) electrons.